The van der Waals surface area contributed by atoms with Crippen LogP contribution in [0, 0.1) is 5.82 Å². The molecule has 124 valence electrons. The fraction of sp³-hybridized carbons (Fsp3) is 0.235. The zero-order valence-electron chi connectivity index (χ0n) is 12.8. The smallest absolute Gasteiger partial charge is 0.280 e. The lowest BCUT2D eigenvalue weighted by Crippen LogP contribution is -2.29. The number of benzene rings is 1. The third-order valence-electron chi connectivity index (χ3n) is 3.94. The summed E-state index contributed by atoms with van der Waals surface area (Å²) >= 11 is 0. The average molecular weight is 329 g/mol. The Kier molecular flexibility index (Phi) is 4.41. The Morgan fingerprint density at radius 2 is 2.12 bits per heavy atom. The SMILES string of the molecule is O=C(NN=Cc1cccc(F)c1)c1c(O)c2c([nH]c1=O)CCCC2. The number of halogens is 1. The minimum absolute atomic E-state index is 0.285. The Hall–Kier alpha value is -2.96. The van der Waals surface area contributed by atoms with E-state index in [1.165, 1.54) is 24.4 Å². The summed E-state index contributed by atoms with van der Waals surface area (Å²) < 4.78 is 13.1. The van der Waals surface area contributed by atoms with Crippen LogP contribution in [0.15, 0.2) is 34.2 Å². The van der Waals surface area contributed by atoms with Crippen LogP contribution in [0.4, 0.5) is 4.39 Å². The van der Waals surface area contributed by atoms with Crippen molar-refractivity contribution in [2.45, 2.75) is 25.7 Å². The van der Waals surface area contributed by atoms with Crippen LogP contribution in [0.25, 0.3) is 0 Å². The van der Waals surface area contributed by atoms with E-state index in [0.29, 0.717) is 29.7 Å². The second kappa shape index (κ2) is 6.66. The van der Waals surface area contributed by atoms with Crippen molar-refractivity contribution in [3.05, 3.63) is 62.8 Å². The molecule has 0 unspecified atom stereocenters. The Morgan fingerprint density at radius 3 is 2.92 bits per heavy atom. The minimum Gasteiger partial charge on any atom is -0.507 e. The summed E-state index contributed by atoms with van der Waals surface area (Å²) in [6.45, 7) is 0. The Balaban J connectivity index is 1.81. The highest BCUT2D eigenvalue weighted by molar-refractivity contribution is 5.97. The first-order chi connectivity index (χ1) is 11.6. The molecule has 1 heterocycles. The number of pyridine rings is 1. The molecule has 24 heavy (non-hydrogen) atoms. The van der Waals surface area contributed by atoms with E-state index >= 15 is 0 Å². The molecule has 1 aliphatic carbocycles. The van der Waals surface area contributed by atoms with Crippen molar-refractivity contribution < 1.29 is 14.3 Å². The molecule has 3 rings (SSSR count). The van der Waals surface area contributed by atoms with Crippen molar-refractivity contribution in [2.75, 3.05) is 0 Å². The number of carbonyl (C=O) groups is 1. The standard InChI is InChI=1S/C17H16FN3O3/c18-11-5-3-4-10(8-11)9-19-21-17(24)14-15(22)12-6-1-2-7-13(12)20-16(14)23/h3-5,8-9H,1-2,6-7H2,(H,21,24)(H2,20,22,23). The van der Waals surface area contributed by atoms with Gasteiger partial charge in [-0.2, -0.15) is 5.10 Å². The molecule has 0 saturated carbocycles. The molecule has 3 N–H and O–H groups in total. The van der Waals surface area contributed by atoms with Gasteiger partial charge >= 0.3 is 0 Å². The summed E-state index contributed by atoms with van der Waals surface area (Å²) in [6.07, 6.45) is 4.38. The lowest BCUT2D eigenvalue weighted by molar-refractivity contribution is 0.0950. The zero-order chi connectivity index (χ0) is 17.1. The van der Waals surface area contributed by atoms with Crippen molar-refractivity contribution in [1.29, 1.82) is 0 Å². The van der Waals surface area contributed by atoms with E-state index in [9.17, 15) is 19.1 Å². The summed E-state index contributed by atoms with van der Waals surface area (Å²) in [4.78, 5) is 26.9. The number of nitrogens with zero attached hydrogens (tertiary/aromatic N) is 1. The van der Waals surface area contributed by atoms with Crippen LogP contribution in [0.2, 0.25) is 0 Å². The summed E-state index contributed by atoms with van der Waals surface area (Å²) in [5.41, 5.74) is 2.93. The number of fused-ring (bicyclic) bond motifs is 1. The largest absolute Gasteiger partial charge is 0.507 e. The summed E-state index contributed by atoms with van der Waals surface area (Å²) in [7, 11) is 0. The zero-order valence-corrected chi connectivity index (χ0v) is 12.8. The highest BCUT2D eigenvalue weighted by atomic mass is 19.1. The molecule has 1 amide bonds. The van der Waals surface area contributed by atoms with Crippen LogP contribution in [0.1, 0.15) is 40.0 Å². The number of aromatic amines is 1. The van der Waals surface area contributed by atoms with Gasteiger partial charge in [0.05, 0.1) is 6.21 Å². The maximum Gasteiger partial charge on any atom is 0.280 e. The van der Waals surface area contributed by atoms with Crippen LogP contribution in [-0.4, -0.2) is 22.2 Å². The van der Waals surface area contributed by atoms with Gasteiger partial charge in [0.15, 0.2) is 0 Å². The van der Waals surface area contributed by atoms with Crippen LogP contribution < -0.4 is 11.0 Å². The predicted octanol–water partition coefficient (Wildman–Crippen LogP) is 1.86. The number of aryl methyl sites for hydroxylation is 1. The maximum absolute atomic E-state index is 13.1. The molecule has 0 radical (unpaired) electrons. The molecule has 6 nitrogen and oxygen atoms in total. The number of aromatic nitrogens is 1. The van der Waals surface area contributed by atoms with E-state index in [1.807, 2.05) is 0 Å². The molecule has 7 heteroatoms. The Labute approximate surface area is 137 Å². The number of amides is 1. The van der Waals surface area contributed by atoms with Gasteiger partial charge in [-0.05, 0) is 43.4 Å². The fourth-order valence-electron chi connectivity index (χ4n) is 2.78. The second-order valence-electron chi connectivity index (χ2n) is 5.60. The van der Waals surface area contributed by atoms with E-state index in [-0.39, 0.29) is 11.3 Å². The molecule has 0 aliphatic heterocycles. The number of H-pyrrole nitrogens is 1. The fourth-order valence-corrected chi connectivity index (χ4v) is 2.78. The molecule has 1 aromatic carbocycles. The molecular formula is C17H16FN3O3. The van der Waals surface area contributed by atoms with Gasteiger partial charge in [-0.1, -0.05) is 12.1 Å². The number of nitrogens with one attached hydrogen (secondary N) is 2. The molecule has 0 atom stereocenters. The van der Waals surface area contributed by atoms with Crippen molar-refractivity contribution in [2.24, 2.45) is 5.10 Å². The van der Waals surface area contributed by atoms with Crippen molar-refractivity contribution in [3.63, 3.8) is 0 Å². The van der Waals surface area contributed by atoms with E-state index in [4.69, 9.17) is 0 Å². The molecule has 1 aromatic heterocycles. The van der Waals surface area contributed by atoms with Crippen LogP contribution in [-0.2, 0) is 12.8 Å². The van der Waals surface area contributed by atoms with Crippen LogP contribution in [0.3, 0.4) is 0 Å². The topological polar surface area (TPSA) is 94.5 Å². The quantitative estimate of drug-likeness (QED) is 0.592. The van der Waals surface area contributed by atoms with Gasteiger partial charge in [0.25, 0.3) is 11.5 Å². The molecule has 2 aromatic rings. The predicted molar refractivity (Wildman–Crippen MR) is 86.8 cm³/mol. The minimum atomic E-state index is -0.810. The average Bonchev–Trinajstić information content (AvgIpc) is 2.55. The van der Waals surface area contributed by atoms with Gasteiger partial charge < -0.3 is 10.1 Å². The van der Waals surface area contributed by atoms with Crippen molar-refractivity contribution in [1.82, 2.24) is 10.4 Å². The molecule has 0 fully saturated rings. The van der Waals surface area contributed by atoms with Gasteiger partial charge in [-0.3, -0.25) is 9.59 Å². The van der Waals surface area contributed by atoms with Gasteiger partial charge in [-0.25, -0.2) is 9.82 Å². The molecular weight excluding hydrogens is 313 g/mol. The van der Waals surface area contributed by atoms with E-state index in [1.54, 1.807) is 6.07 Å². The molecule has 0 saturated heterocycles. The summed E-state index contributed by atoms with van der Waals surface area (Å²) in [5, 5.41) is 14.0. The normalized spacial score (nSPS) is 13.7. The lowest BCUT2D eigenvalue weighted by atomic mass is 9.94. The first kappa shape index (κ1) is 15.9. The van der Waals surface area contributed by atoms with E-state index in [2.05, 4.69) is 15.5 Å². The van der Waals surface area contributed by atoms with Crippen LogP contribution in [0.5, 0.6) is 5.75 Å². The summed E-state index contributed by atoms with van der Waals surface area (Å²) in [5.74, 6) is -1.52. The van der Waals surface area contributed by atoms with E-state index < -0.39 is 17.3 Å². The number of hydrazone groups is 1. The third kappa shape index (κ3) is 3.19. The highest BCUT2D eigenvalue weighted by Crippen LogP contribution is 2.28. The van der Waals surface area contributed by atoms with Gasteiger partial charge in [0.1, 0.15) is 17.1 Å². The number of carbonyl (C=O) groups excluding carboxylic acids is 1. The van der Waals surface area contributed by atoms with Crippen molar-refractivity contribution in [3.8, 4) is 5.75 Å². The van der Waals surface area contributed by atoms with Crippen molar-refractivity contribution >= 4 is 12.1 Å². The van der Waals surface area contributed by atoms with Gasteiger partial charge in [-0.15, -0.1) is 0 Å². The Bertz CT molecular complexity index is 874. The monoisotopic (exact) mass is 329 g/mol. The number of hydrogen-bond acceptors (Lipinski definition) is 4. The molecule has 0 bridgehead atoms. The number of aromatic hydroxyl groups is 1. The summed E-state index contributed by atoms with van der Waals surface area (Å²) in [6, 6.07) is 5.67. The second-order valence-corrected chi connectivity index (χ2v) is 5.60. The molecule has 0 spiro atoms. The van der Waals surface area contributed by atoms with Gasteiger partial charge in [0.2, 0.25) is 0 Å². The van der Waals surface area contributed by atoms with Gasteiger partial charge in [0, 0.05) is 11.3 Å². The molecule has 1 aliphatic rings. The first-order valence-corrected chi connectivity index (χ1v) is 7.62. The lowest BCUT2D eigenvalue weighted by Gasteiger charge is -2.17. The number of rotatable bonds is 3. The first-order valence-electron chi connectivity index (χ1n) is 7.62. The number of hydrogen-bond donors (Lipinski definition) is 3. The van der Waals surface area contributed by atoms with Crippen LogP contribution >= 0.6 is 0 Å². The highest BCUT2D eigenvalue weighted by Gasteiger charge is 2.23. The third-order valence-corrected chi connectivity index (χ3v) is 3.94. The van der Waals surface area contributed by atoms with E-state index in [0.717, 1.165) is 12.8 Å². The maximum atomic E-state index is 13.1. The Morgan fingerprint density at radius 1 is 1.33 bits per heavy atom.